The predicted molar refractivity (Wildman–Crippen MR) is 105 cm³/mol. The van der Waals surface area contributed by atoms with Gasteiger partial charge in [0.05, 0.1) is 13.7 Å². The zero-order chi connectivity index (χ0) is 18.6. The van der Waals surface area contributed by atoms with E-state index in [0.717, 1.165) is 35.7 Å². The monoisotopic (exact) mass is 355 g/mol. The van der Waals surface area contributed by atoms with Crippen LogP contribution in [-0.2, 0) is 5.60 Å². The minimum atomic E-state index is -1.17. The molecule has 0 spiro atoms. The van der Waals surface area contributed by atoms with Crippen LogP contribution in [0.2, 0.25) is 0 Å². The second-order valence-corrected chi connectivity index (χ2v) is 6.72. The van der Waals surface area contributed by atoms with Crippen molar-refractivity contribution < 1.29 is 14.6 Å². The van der Waals surface area contributed by atoms with Crippen LogP contribution in [0.1, 0.15) is 44.2 Å². The molecule has 1 unspecified atom stereocenters. The van der Waals surface area contributed by atoms with Crippen molar-refractivity contribution in [3.05, 3.63) is 53.6 Å². The van der Waals surface area contributed by atoms with Crippen LogP contribution >= 0.6 is 0 Å². The summed E-state index contributed by atoms with van der Waals surface area (Å²) in [5.74, 6) is 1.43. The molecule has 1 atom stereocenters. The van der Waals surface area contributed by atoms with E-state index in [9.17, 15) is 5.11 Å². The van der Waals surface area contributed by atoms with Gasteiger partial charge in [-0.1, -0.05) is 31.2 Å². The average Bonchev–Trinajstić information content (AvgIpc) is 3.22. The highest BCUT2D eigenvalue weighted by Crippen LogP contribution is 2.43. The third-order valence-corrected chi connectivity index (χ3v) is 5.25. The van der Waals surface area contributed by atoms with E-state index in [4.69, 9.17) is 9.47 Å². The number of methoxy groups -OCH3 is 1. The zero-order valence-corrected chi connectivity index (χ0v) is 16.0. The van der Waals surface area contributed by atoms with Gasteiger partial charge in [-0.2, -0.15) is 0 Å². The van der Waals surface area contributed by atoms with Crippen LogP contribution < -0.4 is 14.4 Å². The fourth-order valence-corrected chi connectivity index (χ4v) is 3.81. The Bertz CT molecular complexity index is 740. The van der Waals surface area contributed by atoms with Crippen molar-refractivity contribution >= 4 is 5.69 Å². The van der Waals surface area contributed by atoms with Crippen LogP contribution in [0.4, 0.5) is 5.69 Å². The second-order valence-electron chi connectivity index (χ2n) is 6.72. The molecule has 0 amide bonds. The lowest BCUT2D eigenvalue weighted by molar-refractivity contribution is 0.0702. The van der Waals surface area contributed by atoms with Crippen LogP contribution in [0.5, 0.6) is 11.5 Å². The zero-order valence-electron chi connectivity index (χ0n) is 16.0. The van der Waals surface area contributed by atoms with Crippen LogP contribution in [0.3, 0.4) is 0 Å². The highest BCUT2D eigenvalue weighted by molar-refractivity contribution is 5.58. The summed E-state index contributed by atoms with van der Waals surface area (Å²) in [6.45, 7) is 6.67. The molecule has 1 heterocycles. The first kappa shape index (κ1) is 18.6. The summed E-state index contributed by atoms with van der Waals surface area (Å²) in [4.78, 5) is 2.38. The van der Waals surface area contributed by atoms with Gasteiger partial charge in [0.25, 0.3) is 0 Å². The van der Waals surface area contributed by atoms with Gasteiger partial charge in [-0.05, 0) is 38.3 Å². The van der Waals surface area contributed by atoms with E-state index in [2.05, 4.69) is 17.0 Å². The molecule has 1 saturated heterocycles. The molecule has 4 nitrogen and oxygen atoms in total. The molecular weight excluding hydrogens is 326 g/mol. The lowest BCUT2D eigenvalue weighted by Gasteiger charge is -2.32. The third kappa shape index (κ3) is 3.38. The molecule has 140 valence electrons. The summed E-state index contributed by atoms with van der Waals surface area (Å²) in [7, 11) is 1.63. The van der Waals surface area contributed by atoms with Gasteiger partial charge in [0.2, 0.25) is 0 Å². The number of hydrogen-bond donors (Lipinski definition) is 1. The minimum absolute atomic E-state index is 0.524. The summed E-state index contributed by atoms with van der Waals surface area (Å²) in [5.41, 5.74) is 1.54. The van der Waals surface area contributed by atoms with Crippen LogP contribution in [-0.4, -0.2) is 31.9 Å². The smallest absolute Gasteiger partial charge is 0.127 e. The van der Waals surface area contributed by atoms with Crippen molar-refractivity contribution in [2.75, 3.05) is 31.7 Å². The van der Waals surface area contributed by atoms with Gasteiger partial charge in [-0.25, -0.2) is 0 Å². The first-order valence-electron chi connectivity index (χ1n) is 9.52. The molecule has 0 bridgehead atoms. The fraction of sp³-hybridized carbons (Fsp3) is 0.455. The molecule has 0 saturated carbocycles. The number of nitrogens with zero attached hydrogens (tertiary/aromatic N) is 1. The molecule has 1 fully saturated rings. The number of rotatable bonds is 7. The Morgan fingerprint density at radius 3 is 2.35 bits per heavy atom. The molecule has 1 aliphatic heterocycles. The van der Waals surface area contributed by atoms with E-state index in [1.54, 1.807) is 7.11 Å². The van der Waals surface area contributed by atoms with Crippen molar-refractivity contribution in [2.45, 2.75) is 38.7 Å². The van der Waals surface area contributed by atoms with Gasteiger partial charge in [0.1, 0.15) is 17.1 Å². The van der Waals surface area contributed by atoms with Gasteiger partial charge in [0.15, 0.2) is 0 Å². The lowest BCUT2D eigenvalue weighted by Crippen LogP contribution is -2.28. The van der Waals surface area contributed by atoms with E-state index in [-0.39, 0.29) is 0 Å². The number of ether oxygens (including phenoxy) is 2. The Hall–Kier alpha value is -2.20. The molecule has 0 radical (unpaired) electrons. The van der Waals surface area contributed by atoms with Crippen LogP contribution in [0, 0.1) is 0 Å². The first-order chi connectivity index (χ1) is 12.6. The van der Waals surface area contributed by atoms with Gasteiger partial charge in [-0.3, -0.25) is 0 Å². The van der Waals surface area contributed by atoms with Crippen LogP contribution in [0.15, 0.2) is 42.5 Å². The summed E-state index contributed by atoms with van der Waals surface area (Å²) in [6.07, 6.45) is 2.98. The SMILES string of the molecule is CCOc1cc(N2CCCC2)ccc1C(O)(CC)c1ccccc1OC. The maximum atomic E-state index is 11.7. The van der Waals surface area contributed by atoms with Gasteiger partial charge < -0.3 is 19.5 Å². The van der Waals surface area contributed by atoms with Crippen molar-refractivity contribution in [2.24, 2.45) is 0 Å². The van der Waals surface area contributed by atoms with E-state index in [1.165, 1.54) is 12.8 Å². The molecule has 2 aromatic rings. The summed E-state index contributed by atoms with van der Waals surface area (Å²) < 4.78 is 11.5. The van der Waals surface area contributed by atoms with Gasteiger partial charge in [-0.15, -0.1) is 0 Å². The largest absolute Gasteiger partial charge is 0.496 e. The number of hydrogen-bond acceptors (Lipinski definition) is 4. The maximum Gasteiger partial charge on any atom is 0.127 e. The summed E-state index contributed by atoms with van der Waals surface area (Å²) in [5, 5.41) is 11.7. The maximum absolute atomic E-state index is 11.7. The molecule has 0 aliphatic carbocycles. The molecular formula is C22H29NO3. The third-order valence-electron chi connectivity index (χ3n) is 5.25. The molecule has 0 aromatic heterocycles. The molecule has 3 rings (SSSR count). The Morgan fingerprint density at radius 2 is 1.69 bits per heavy atom. The van der Waals surface area contributed by atoms with E-state index in [0.29, 0.717) is 18.8 Å². The Kier molecular flexibility index (Phi) is 5.72. The second kappa shape index (κ2) is 8.00. The number of anilines is 1. The minimum Gasteiger partial charge on any atom is -0.496 e. The quantitative estimate of drug-likeness (QED) is 0.802. The van der Waals surface area contributed by atoms with Crippen molar-refractivity contribution in [3.63, 3.8) is 0 Å². The molecule has 1 N–H and O–H groups in total. The Morgan fingerprint density at radius 1 is 1.00 bits per heavy atom. The number of benzene rings is 2. The highest BCUT2D eigenvalue weighted by atomic mass is 16.5. The van der Waals surface area contributed by atoms with Crippen molar-refractivity contribution in [3.8, 4) is 11.5 Å². The summed E-state index contributed by atoms with van der Waals surface area (Å²) in [6, 6.07) is 13.8. The molecule has 1 aliphatic rings. The van der Waals surface area contributed by atoms with Crippen molar-refractivity contribution in [1.29, 1.82) is 0 Å². The van der Waals surface area contributed by atoms with E-state index < -0.39 is 5.60 Å². The normalized spacial score (nSPS) is 16.4. The predicted octanol–water partition coefficient (Wildman–Crippen LogP) is 4.34. The first-order valence-corrected chi connectivity index (χ1v) is 9.52. The summed E-state index contributed by atoms with van der Waals surface area (Å²) >= 11 is 0. The highest BCUT2D eigenvalue weighted by Gasteiger charge is 2.35. The molecule has 2 aromatic carbocycles. The average molecular weight is 355 g/mol. The molecule has 4 heteroatoms. The Labute approximate surface area is 156 Å². The van der Waals surface area contributed by atoms with Gasteiger partial charge in [0, 0.05) is 36.0 Å². The van der Waals surface area contributed by atoms with Crippen molar-refractivity contribution in [1.82, 2.24) is 0 Å². The number of para-hydroxylation sites is 1. The topological polar surface area (TPSA) is 41.9 Å². The van der Waals surface area contributed by atoms with Crippen LogP contribution in [0.25, 0.3) is 0 Å². The fourth-order valence-electron chi connectivity index (χ4n) is 3.81. The van der Waals surface area contributed by atoms with E-state index >= 15 is 0 Å². The lowest BCUT2D eigenvalue weighted by atomic mass is 9.83. The number of aliphatic hydroxyl groups is 1. The van der Waals surface area contributed by atoms with E-state index in [1.807, 2.05) is 44.2 Å². The Balaban J connectivity index is 2.09. The van der Waals surface area contributed by atoms with Gasteiger partial charge >= 0.3 is 0 Å². The molecule has 26 heavy (non-hydrogen) atoms. The standard InChI is InChI=1S/C22H29NO3/c1-4-22(24,18-10-6-7-11-20(18)25-3)19-13-12-17(16-21(19)26-5-2)23-14-8-9-15-23/h6-7,10-13,16,24H,4-5,8-9,14-15H2,1-3H3.